The summed E-state index contributed by atoms with van der Waals surface area (Å²) in [5.41, 5.74) is 0.231. The maximum absolute atomic E-state index is 12.2. The van der Waals surface area contributed by atoms with Crippen LogP contribution in [-0.4, -0.2) is 20.1 Å². The van der Waals surface area contributed by atoms with E-state index in [1.165, 1.54) is 12.1 Å². The summed E-state index contributed by atoms with van der Waals surface area (Å²) in [4.78, 5) is -0.0399. The number of rotatable bonds is 5. The van der Waals surface area contributed by atoms with E-state index in [1.54, 1.807) is 0 Å². The molecule has 1 saturated carbocycles. The second-order valence-corrected chi connectivity index (χ2v) is 7.17. The van der Waals surface area contributed by atoms with Crippen LogP contribution in [0.2, 0.25) is 10.0 Å². The van der Waals surface area contributed by atoms with Gasteiger partial charge in [0.1, 0.15) is 4.90 Å². The second-order valence-electron chi connectivity index (χ2n) is 4.64. The third kappa shape index (κ3) is 3.23. The maximum Gasteiger partial charge on any atom is 0.242 e. The van der Waals surface area contributed by atoms with Crippen molar-refractivity contribution in [3.05, 3.63) is 27.7 Å². The van der Waals surface area contributed by atoms with Crippen LogP contribution in [0.4, 0.5) is 0 Å². The summed E-state index contributed by atoms with van der Waals surface area (Å²) >= 11 is 11.8. The van der Waals surface area contributed by atoms with Crippen molar-refractivity contribution in [2.75, 3.05) is 6.54 Å². The molecule has 7 heteroatoms. The minimum atomic E-state index is -3.66. The van der Waals surface area contributed by atoms with Gasteiger partial charge in [-0.15, -0.1) is 0 Å². The Morgan fingerprint density at radius 2 is 2.00 bits per heavy atom. The zero-order valence-electron chi connectivity index (χ0n) is 10.2. The molecule has 0 aliphatic heterocycles. The van der Waals surface area contributed by atoms with Crippen LogP contribution in [-0.2, 0) is 16.6 Å². The summed E-state index contributed by atoms with van der Waals surface area (Å²) in [6, 6.07) is 2.78. The average Bonchev–Trinajstić information content (AvgIpc) is 2.26. The number of halogens is 2. The lowest BCUT2D eigenvalue weighted by molar-refractivity contribution is 0.281. The molecule has 0 bridgehead atoms. The highest BCUT2D eigenvalue weighted by Gasteiger charge is 2.24. The van der Waals surface area contributed by atoms with Crippen molar-refractivity contribution in [3.63, 3.8) is 0 Å². The smallest absolute Gasteiger partial charge is 0.242 e. The van der Waals surface area contributed by atoms with E-state index in [0.29, 0.717) is 12.5 Å². The van der Waals surface area contributed by atoms with Gasteiger partial charge in [-0.05, 0) is 30.9 Å². The van der Waals surface area contributed by atoms with Gasteiger partial charge in [0.05, 0.1) is 11.6 Å². The summed E-state index contributed by atoms with van der Waals surface area (Å²) in [5.74, 6) is 0.415. The number of nitrogens with one attached hydrogen (secondary N) is 1. The molecule has 2 N–H and O–H groups in total. The SMILES string of the molecule is O=S(=O)(NCC1CCC1)c1ccc(Cl)c(CO)c1Cl. The third-order valence-corrected chi connectivity index (χ3v) is 5.75. The topological polar surface area (TPSA) is 66.4 Å². The standard InChI is InChI=1S/C12H15Cl2NO3S/c13-10-4-5-11(12(14)9(10)7-16)19(17,18)15-6-8-2-1-3-8/h4-5,8,15-16H,1-3,6-7H2. The largest absolute Gasteiger partial charge is 0.392 e. The predicted molar refractivity (Wildman–Crippen MR) is 74.9 cm³/mol. The Hall–Kier alpha value is -0.330. The highest BCUT2D eigenvalue weighted by Crippen LogP contribution is 2.31. The molecule has 19 heavy (non-hydrogen) atoms. The van der Waals surface area contributed by atoms with Crippen molar-refractivity contribution in [2.45, 2.75) is 30.8 Å². The molecule has 0 spiro atoms. The summed E-state index contributed by atoms with van der Waals surface area (Å²) in [6.45, 7) is 0.0272. The Bertz CT molecular complexity index is 571. The van der Waals surface area contributed by atoms with Crippen molar-refractivity contribution in [3.8, 4) is 0 Å². The number of aliphatic hydroxyl groups is 1. The fraction of sp³-hybridized carbons (Fsp3) is 0.500. The van der Waals surface area contributed by atoms with Gasteiger partial charge in [-0.25, -0.2) is 13.1 Å². The molecule has 0 heterocycles. The van der Waals surface area contributed by atoms with Crippen LogP contribution in [0.3, 0.4) is 0 Å². The van der Waals surface area contributed by atoms with E-state index >= 15 is 0 Å². The number of aliphatic hydroxyl groups excluding tert-OH is 1. The molecule has 1 aromatic carbocycles. The highest BCUT2D eigenvalue weighted by molar-refractivity contribution is 7.89. The van der Waals surface area contributed by atoms with Gasteiger partial charge in [0.25, 0.3) is 0 Å². The van der Waals surface area contributed by atoms with Crippen molar-refractivity contribution in [1.29, 1.82) is 0 Å². The van der Waals surface area contributed by atoms with Crippen LogP contribution in [0, 0.1) is 5.92 Å². The number of hydrogen-bond acceptors (Lipinski definition) is 3. The van der Waals surface area contributed by atoms with Crippen LogP contribution < -0.4 is 4.72 Å². The monoisotopic (exact) mass is 323 g/mol. The predicted octanol–water partition coefficient (Wildman–Crippen LogP) is 2.56. The molecule has 4 nitrogen and oxygen atoms in total. The normalized spacial score (nSPS) is 16.4. The Kier molecular flexibility index (Phi) is 4.74. The lowest BCUT2D eigenvalue weighted by Crippen LogP contribution is -2.32. The van der Waals surface area contributed by atoms with Gasteiger partial charge in [0.2, 0.25) is 10.0 Å². The maximum atomic E-state index is 12.2. The molecule has 0 amide bonds. The molecule has 1 fully saturated rings. The Labute approximate surface area is 122 Å². The first kappa shape index (κ1) is 15.1. The minimum Gasteiger partial charge on any atom is -0.392 e. The molecular formula is C12H15Cl2NO3S. The van der Waals surface area contributed by atoms with E-state index in [4.69, 9.17) is 23.2 Å². The number of hydrogen-bond donors (Lipinski definition) is 2. The molecule has 1 aliphatic carbocycles. The molecule has 106 valence electrons. The summed E-state index contributed by atoms with van der Waals surface area (Å²) < 4.78 is 26.9. The fourth-order valence-corrected chi connectivity index (χ4v) is 3.94. The summed E-state index contributed by atoms with van der Waals surface area (Å²) in [6.07, 6.45) is 3.26. The third-order valence-electron chi connectivity index (χ3n) is 3.39. The molecule has 1 aromatic rings. The van der Waals surface area contributed by atoms with Crippen LogP contribution >= 0.6 is 23.2 Å². The number of benzene rings is 1. The van der Waals surface area contributed by atoms with E-state index in [-0.39, 0.29) is 20.5 Å². The fourth-order valence-electron chi connectivity index (χ4n) is 1.93. The van der Waals surface area contributed by atoms with E-state index in [1.807, 2.05) is 0 Å². The van der Waals surface area contributed by atoms with Gasteiger partial charge in [-0.3, -0.25) is 0 Å². The van der Waals surface area contributed by atoms with Gasteiger partial charge in [0, 0.05) is 17.1 Å². The van der Waals surface area contributed by atoms with Gasteiger partial charge in [-0.1, -0.05) is 29.6 Å². The van der Waals surface area contributed by atoms with Gasteiger partial charge in [0.15, 0.2) is 0 Å². The molecule has 0 saturated heterocycles. The first-order chi connectivity index (χ1) is 8.95. The Balaban J connectivity index is 2.24. The van der Waals surface area contributed by atoms with Crippen LogP contribution in [0.25, 0.3) is 0 Å². The molecule has 0 aromatic heterocycles. The van der Waals surface area contributed by atoms with E-state index < -0.39 is 16.6 Å². The molecule has 2 rings (SSSR count). The molecule has 0 atom stereocenters. The van der Waals surface area contributed by atoms with Gasteiger partial charge < -0.3 is 5.11 Å². The van der Waals surface area contributed by atoms with Crippen molar-refractivity contribution < 1.29 is 13.5 Å². The quantitative estimate of drug-likeness (QED) is 0.875. The van der Waals surface area contributed by atoms with E-state index in [2.05, 4.69) is 4.72 Å². The van der Waals surface area contributed by atoms with Gasteiger partial charge >= 0.3 is 0 Å². The first-order valence-corrected chi connectivity index (χ1v) is 8.27. The lowest BCUT2D eigenvalue weighted by atomic mass is 9.86. The van der Waals surface area contributed by atoms with Crippen LogP contribution in [0.1, 0.15) is 24.8 Å². The molecule has 0 radical (unpaired) electrons. The second kappa shape index (κ2) is 5.97. The summed E-state index contributed by atoms with van der Waals surface area (Å²) in [7, 11) is -3.66. The lowest BCUT2D eigenvalue weighted by Gasteiger charge is -2.25. The van der Waals surface area contributed by atoms with Crippen molar-refractivity contribution in [1.82, 2.24) is 4.72 Å². The molecule has 1 aliphatic rings. The first-order valence-electron chi connectivity index (χ1n) is 6.03. The minimum absolute atomic E-state index is 0.0175. The molecular weight excluding hydrogens is 309 g/mol. The number of sulfonamides is 1. The van der Waals surface area contributed by atoms with E-state index in [0.717, 1.165) is 19.3 Å². The average molecular weight is 324 g/mol. The van der Waals surface area contributed by atoms with Crippen LogP contribution in [0.15, 0.2) is 17.0 Å². The van der Waals surface area contributed by atoms with E-state index in [9.17, 15) is 13.5 Å². The zero-order chi connectivity index (χ0) is 14.0. The van der Waals surface area contributed by atoms with Gasteiger partial charge in [-0.2, -0.15) is 0 Å². The Morgan fingerprint density at radius 3 is 2.53 bits per heavy atom. The van der Waals surface area contributed by atoms with Crippen molar-refractivity contribution in [2.24, 2.45) is 5.92 Å². The summed E-state index contributed by atoms with van der Waals surface area (Å²) in [5, 5.41) is 9.41. The van der Waals surface area contributed by atoms with Crippen LogP contribution in [0.5, 0.6) is 0 Å². The highest BCUT2D eigenvalue weighted by atomic mass is 35.5. The Morgan fingerprint density at radius 1 is 1.32 bits per heavy atom. The molecule has 0 unspecified atom stereocenters. The zero-order valence-corrected chi connectivity index (χ0v) is 12.5. The van der Waals surface area contributed by atoms with Crippen molar-refractivity contribution >= 4 is 33.2 Å².